The minimum atomic E-state index is -1.71. The van der Waals surface area contributed by atoms with Gasteiger partial charge in [0.25, 0.3) is 5.56 Å². The molecule has 0 unspecified atom stereocenters. The van der Waals surface area contributed by atoms with Crippen molar-refractivity contribution in [3.63, 3.8) is 0 Å². The van der Waals surface area contributed by atoms with E-state index in [9.17, 15) is 24.9 Å². The number of β-amino-alcohol motifs (C(OH)–C–C–N with tert-alkyl or cyclic N) is 1. The van der Waals surface area contributed by atoms with Gasteiger partial charge in [0.05, 0.1) is 19.5 Å². The monoisotopic (exact) mass is 366 g/mol. The fourth-order valence-electron chi connectivity index (χ4n) is 3.33. The van der Waals surface area contributed by atoms with Gasteiger partial charge in [0.15, 0.2) is 0 Å². The third-order valence-electron chi connectivity index (χ3n) is 4.50. The first kappa shape index (κ1) is 18.4. The minimum absolute atomic E-state index is 0.132. The Bertz CT molecular complexity index is 885. The Morgan fingerprint density at radius 2 is 2.12 bits per heavy atom. The van der Waals surface area contributed by atoms with Crippen molar-refractivity contribution in [3.8, 4) is 0 Å². The molecule has 0 spiro atoms. The number of carbonyl (C=O) groups excluding carboxylic acids is 1. The van der Waals surface area contributed by atoms with Gasteiger partial charge in [-0.15, -0.1) is 0 Å². The lowest BCUT2D eigenvalue weighted by atomic mass is 9.86. The lowest BCUT2D eigenvalue weighted by Gasteiger charge is -2.39. The van der Waals surface area contributed by atoms with Crippen molar-refractivity contribution >= 4 is 17.1 Å². The molecule has 2 aromatic rings. The Morgan fingerprint density at radius 3 is 2.73 bits per heavy atom. The molecular weight excluding hydrogens is 344 g/mol. The number of hydrogen-bond donors (Lipinski definition) is 5. The second-order valence-electron chi connectivity index (χ2n) is 7.34. The van der Waals surface area contributed by atoms with Gasteiger partial charge in [-0.05, 0) is 20.8 Å². The van der Waals surface area contributed by atoms with Crippen LogP contribution in [0.1, 0.15) is 26.3 Å². The van der Waals surface area contributed by atoms with Crippen molar-refractivity contribution < 1.29 is 24.9 Å². The number of H-pyrrole nitrogens is 2. The number of carbonyl (C=O) groups is 1. The van der Waals surface area contributed by atoms with Crippen LogP contribution >= 0.6 is 0 Å². The number of aromatic nitrogens is 3. The van der Waals surface area contributed by atoms with E-state index in [-0.39, 0.29) is 23.1 Å². The van der Waals surface area contributed by atoms with E-state index in [1.165, 1.54) is 12.5 Å². The van der Waals surface area contributed by atoms with Crippen molar-refractivity contribution in [1.29, 1.82) is 0 Å². The predicted molar refractivity (Wildman–Crippen MR) is 90.4 cm³/mol. The van der Waals surface area contributed by atoms with E-state index in [0.717, 1.165) is 4.90 Å². The Hall–Kier alpha value is -2.43. The number of amides is 1. The van der Waals surface area contributed by atoms with Gasteiger partial charge in [0.2, 0.25) is 0 Å². The number of likely N-dealkylation sites (tertiary alicyclic amines) is 1. The zero-order valence-electron chi connectivity index (χ0n) is 14.7. The van der Waals surface area contributed by atoms with E-state index >= 15 is 0 Å². The van der Waals surface area contributed by atoms with Crippen LogP contribution in [0.2, 0.25) is 0 Å². The lowest BCUT2D eigenvalue weighted by molar-refractivity contribution is -0.0499. The molecule has 26 heavy (non-hydrogen) atoms. The number of aromatic amines is 2. The van der Waals surface area contributed by atoms with Crippen molar-refractivity contribution in [2.24, 2.45) is 0 Å². The molecule has 2 aromatic heterocycles. The number of ether oxygens (including phenoxy) is 1. The average molecular weight is 366 g/mol. The van der Waals surface area contributed by atoms with Gasteiger partial charge in [0.1, 0.15) is 34.4 Å². The van der Waals surface area contributed by atoms with Crippen LogP contribution in [0.25, 0.3) is 11.0 Å². The van der Waals surface area contributed by atoms with E-state index < -0.39 is 41.6 Å². The topological polar surface area (TPSA) is 152 Å². The quantitative estimate of drug-likeness (QED) is 0.476. The maximum Gasteiger partial charge on any atom is 0.411 e. The van der Waals surface area contributed by atoms with E-state index in [2.05, 4.69) is 15.0 Å². The average Bonchev–Trinajstić information content (AvgIpc) is 3.08. The van der Waals surface area contributed by atoms with Crippen LogP contribution in [0.4, 0.5) is 4.79 Å². The first-order chi connectivity index (χ1) is 12.1. The summed E-state index contributed by atoms with van der Waals surface area (Å²) in [5, 5.41) is 31.0. The van der Waals surface area contributed by atoms with Crippen LogP contribution in [-0.2, 0) is 10.3 Å². The van der Waals surface area contributed by atoms with Crippen molar-refractivity contribution in [2.45, 2.75) is 44.1 Å². The molecule has 1 aliphatic rings. The SMILES string of the molecule is CC(C)(C)OC(=O)N1C[C@H](O)[C@H](O)[C@]1(CO)c1c[nH]c2c(=O)[nH]cnc12. The molecule has 1 aliphatic heterocycles. The maximum atomic E-state index is 12.7. The van der Waals surface area contributed by atoms with Gasteiger partial charge in [-0.2, -0.15) is 0 Å². The molecule has 10 heteroatoms. The third kappa shape index (κ3) is 2.66. The van der Waals surface area contributed by atoms with Crippen molar-refractivity contribution in [3.05, 3.63) is 28.4 Å². The van der Waals surface area contributed by atoms with Crippen LogP contribution in [0.15, 0.2) is 17.3 Å². The predicted octanol–water partition coefficient (Wildman–Crippen LogP) is -0.589. The van der Waals surface area contributed by atoms with Crippen molar-refractivity contribution in [2.75, 3.05) is 13.2 Å². The molecule has 1 fully saturated rings. The van der Waals surface area contributed by atoms with Crippen LogP contribution in [0, 0.1) is 0 Å². The summed E-state index contributed by atoms with van der Waals surface area (Å²) in [7, 11) is 0. The lowest BCUT2D eigenvalue weighted by Crippen LogP contribution is -2.54. The largest absolute Gasteiger partial charge is 0.444 e. The number of aliphatic hydroxyl groups is 3. The van der Waals surface area contributed by atoms with Gasteiger partial charge in [-0.3, -0.25) is 9.69 Å². The van der Waals surface area contributed by atoms with Crippen LogP contribution < -0.4 is 5.56 Å². The minimum Gasteiger partial charge on any atom is -0.444 e. The molecule has 3 rings (SSSR count). The standard InChI is InChI=1S/C16H22N4O6/c1-15(2,3)26-14(25)20-5-9(22)12(23)16(20,6-21)8-4-17-11-10(8)18-7-19-13(11)24/h4,7,9,12,17,21-23H,5-6H2,1-3H3,(H,18,19,24)/t9-,12-,16-/m0/s1. The number of hydrogen-bond acceptors (Lipinski definition) is 7. The van der Waals surface area contributed by atoms with E-state index in [4.69, 9.17) is 4.74 Å². The number of fused-ring (bicyclic) bond motifs is 1. The van der Waals surface area contributed by atoms with E-state index in [0.29, 0.717) is 0 Å². The highest BCUT2D eigenvalue weighted by atomic mass is 16.6. The Kier molecular flexibility index (Phi) is 4.29. The second-order valence-corrected chi connectivity index (χ2v) is 7.34. The molecule has 0 radical (unpaired) electrons. The molecule has 0 saturated carbocycles. The fraction of sp³-hybridized carbons (Fsp3) is 0.562. The highest BCUT2D eigenvalue weighted by molar-refractivity contribution is 5.81. The molecule has 142 valence electrons. The Balaban J connectivity index is 2.18. The van der Waals surface area contributed by atoms with Crippen LogP contribution in [0.3, 0.4) is 0 Å². The summed E-state index contributed by atoms with van der Waals surface area (Å²) in [5.41, 5.74) is -2.42. The van der Waals surface area contributed by atoms with Crippen molar-refractivity contribution in [1.82, 2.24) is 19.9 Å². The highest BCUT2D eigenvalue weighted by Crippen LogP contribution is 2.42. The van der Waals surface area contributed by atoms with Gasteiger partial charge in [0, 0.05) is 11.8 Å². The molecule has 3 heterocycles. The molecule has 1 amide bonds. The molecule has 10 nitrogen and oxygen atoms in total. The van der Waals surface area contributed by atoms with Gasteiger partial charge in [-0.1, -0.05) is 0 Å². The maximum absolute atomic E-state index is 12.7. The summed E-state index contributed by atoms with van der Waals surface area (Å²) in [6.07, 6.45) is -1.03. The summed E-state index contributed by atoms with van der Waals surface area (Å²) in [6.45, 7) is 4.10. The molecule has 1 saturated heterocycles. The smallest absolute Gasteiger partial charge is 0.411 e. The number of nitrogens with zero attached hydrogens (tertiary/aromatic N) is 2. The Morgan fingerprint density at radius 1 is 1.42 bits per heavy atom. The van der Waals surface area contributed by atoms with Gasteiger partial charge < -0.3 is 30.0 Å². The molecule has 5 N–H and O–H groups in total. The first-order valence-corrected chi connectivity index (χ1v) is 8.14. The van der Waals surface area contributed by atoms with E-state index in [1.807, 2.05) is 0 Å². The summed E-state index contributed by atoms with van der Waals surface area (Å²) in [5.74, 6) is 0. The molecular formula is C16H22N4O6. The highest BCUT2D eigenvalue weighted by Gasteiger charge is 2.58. The molecule has 0 aliphatic carbocycles. The van der Waals surface area contributed by atoms with Gasteiger partial charge in [-0.25, -0.2) is 9.78 Å². The fourth-order valence-corrected chi connectivity index (χ4v) is 3.33. The summed E-state index contributed by atoms with van der Waals surface area (Å²) in [4.78, 5) is 35.0. The van der Waals surface area contributed by atoms with Crippen LogP contribution in [0.5, 0.6) is 0 Å². The number of nitrogens with one attached hydrogen (secondary N) is 2. The molecule has 3 atom stereocenters. The summed E-state index contributed by atoms with van der Waals surface area (Å²) < 4.78 is 5.36. The first-order valence-electron chi connectivity index (χ1n) is 8.14. The number of rotatable bonds is 2. The molecule has 0 bridgehead atoms. The zero-order chi connectivity index (χ0) is 19.3. The number of aliphatic hydroxyl groups excluding tert-OH is 3. The summed E-state index contributed by atoms with van der Waals surface area (Å²) in [6, 6.07) is 0. The van der Waals surface area contributed by atoms with Gasteiger partial charge >= 0.3 is 6.09 Å². The zero-order valence-corrected chi connectivity index (χ0v) is 14.7. The van der Waals surface area contributed by atoms with E-state index in [1.54, 1.807) is 20.8 Å². The summed E-state index contributed by atoms with van der Waals surface area (Å²) >= 11 is 0. The second kappa shape index (κ2) is 6.08. The van der Waals surface area contributed by atoms with Crippen LogP contribution in [-0.4, -0.2) is 72.2 Å². The molecule has 0 aromatic carbocycles. The third-order valence-corrected chi connectivity index (χ3v) is 4.50. The normalized spacial score (nSPS) is 26.5. The Labute approximate surface area is 148 Å².